The van der Waals surface area contributed by atoms with Crippen molar-refractivity contribution in [1.29, 1.82) is 0 Å². The van der Waals surface area contributed by atoms with Crippen molar-refractivity contribution in [3.63, 3.8) is 0 Å². The zero-order valence-corrected chi connectivity index (χ0v) is 15.5. The average Bonchev–Trinajstić information content (AvgIpc) is 2.34. The maximum absolute atomic E-state index is 5.94. The van der Waals surface area contributed by atoms with Gasteiger partial charge in [-0.2, -0.15) is 0 Å². The lowest BCUT2D eigenvalue weighted by atomic mass is 10.1. The highest BCUT2D eigenvalue weighted by atomic mass is 79.9. The third kappa shape index (κ3) is 3.30. The van der Waals surface area contributed by atoms with Crippen molar-refractivity contribution < 1.29 is 0 Å². The molecule has 100 valence electrons. The molecule has 0 spiro atoms. The number of halogens is 2. The molecule has 2 N–H and O–H groups in total. The van der Waals surface area contributed by atoms with Crippen LogP contribution in [0.15, 0.2) is 45.3 Å². The minimum absolute atomic E-state index is 0.741. The van der Waals surface area contributed by atoms with Gasteiger partial charge in [0, 0.05) is 8.95 Å². The second-order valence-corrected chi connectivity index (χ2v) is 12.5. The molecule has 19 heavy (non-hydrogen) atoms. The lowest BCUT2D eigenvalue weighted by Crippen LogP contribution is -2.37. The highest BCUT2D eigenvalue weighted by Crippen LogP contribution is 2.33. The van der Waals surface area contributed by atoms with Crippen LogP contribution in [0.2, 0.25) is 19.6 Å². The quantitative estimate of drug-likeness (QED) is 0.558. The fourth-order valence-corrected chi connectivity index (χ4v) is 4.29. The van der Waals surface area contributed by atoms with E-state index in [1.165, 1.54) is 16.3 Å². The van der Waals surface area contributed by atoms with E-state index in [-0.39, 0.29) is 0 Å². The van der Waals surface area contributed by atoms with Crippen molar-refractivity contribution in [3.05, 3.63) is 45.3 Å². The summed E-state index contributed by atoms with van der Waals surface area (Å²) in [6.45, 7) is 7.09. The van der Waals surface area contributed by atoms with Gasteiger partial charge in [0.05, 0.1) is 13.8 Å². The molecule has 1 nitrogen and oxygen atoms in total. The monoisotopic (exact) mass is 397 g/mol. The molecule has 0 aliphatic heterocycles. The normalized spacial score (nSPS) is 11.6. The molecule has 0 saturated carbocycles. The van der Waals surface area contributed by atoms with Crippen molar-refractivity contribution in [3.8, 4) is 11.1 Å². The molecule has 0 amide bonds. The number of nitrogens with two attached hydrogens (primary N) is 1. The number of hydrogen-bond acceptors (Lipinski definition) is 1. The lowest BCUT2D eigenvalue weighted by molar-refractivity contribution is 1.55. The number of hydrogen-bond donors (Lipinski definition) is 1. The lowest BCUT2D eigenvalue weighted by Gasteiger charge is -2.18. The molecule has 0 bridgehead atoms. The Labute approximate surface area is 132 Å². The summed E-state index contributed by atoms with van der Waals surface area (Å²) in [6.07, 6.45) is 0. The van der Waals surface area contributed by atoms with Gasteiger partial charge in [-0.05, 0) is 55.1 Å². The predicted octanol–water partition coefficient (Wildman–Crippen LogP) is 5.01. The van der Waals surface area contributed by atoms with Crippen LogP contribution in [-0.4, -0.2) is 8.07 Å². The molecule has 2 rings (SSSR count). The highest BCUT2D eigenvalue weighted by molar-refractivity contribution is 9.11. The van der Waals surface area contributed by atoms with Crippen LogP contribution in [0.25, 0.3) is 11.1 Å². The van der Waals surface area contributed by atoms with Gasteiger partial charge in [-0.3, -0.25) is 0 Å². The minimum Gasteiger partial charge on any atom is -0.397 e. The maximum Gasteiger partial charge on any atom is 0.0776 e. The summed E-state index contributed by atoms with van der Waals surface area (Å²) in [6, 6.07) is 13.0. The summed E-state index contributed by atoms with van der Waals surface area (Å²) in [4.78, 5) is 0. The molecular weight excluding hydrogens is 382 g/mol. The second kappa shape index (κ2) is 5.42. The second-order valence-electron chi connectivity index (χ2n) is 5.68. The molecule has 4 heteroatoms. The summed E-state index contributed by atoms with van der Waals surface area (Å²) in [7, 11) is -1.28. The van der Waals surface area contributed by atoms with E-state index in [2.05, 4.69) is 87.9 Å². The van der Waals surface area contributed by atoms with Gasteiger partial charge >= 0.3 is 0 Å². The Morgan fingerprint density at radius 1 is 0.895 bits per heavy atom. The summed E-state index contributed by atoms with van der Waals surface area (Å²) >= 11 is 7.01. The third-order valence-electron chi connectivity index (χ3n) is 3.14. The number of benzene rings is 2. The Morgan fingerprint density at radius 3 is 2.00 bits per heavy atom. The van der Waals surface area contributed by atoms with Crippen LogP contribution in [0.4, 0.5) is 5.69 Å². The number of nitrogen functional groups attached to an aromatic ring is 1. The van der Waals surface area contributed by atoms with E-state index in [1.54, 1.807) is 0 Å². The van der Waals surface area contributed by atoms with Crippen LogP contribution < -0.4 is 10.9 Å². The summed E-state index contributed by atoms with van der Waals surface area (Å²) in [5, 5.41) is 1.47. The van der Waals surface area contributed by atoms with Crippen LogP contribution in [-0.2, 0) is 0 Å². The van der Waals surface area contributed by atoms with Crippen molar-refractivity contribution in [2.75, 3.05) is 5.73 Å². The molecule has 2 aromatic carbocycles. The summed E-state index contributed by atoms with van der Waals surface area (Å²) < 4.78 is 1.85. The molecule has 0 heterocycles. The first-order chi connectivity index (χ1) is 8.79. The molecule has 0 aliphatic rings. The van der Waals surface area contributed by atoms with Crippen LogP contribution in [0, 0.1) is 0 Å². The Morgan fingerprint density at radius 2 is 1.47 bits per heavy atom. The molecule has 0 unspecified atom stereocenters. The van der Waals surface area contributed by atoms with E-state index in [0.29, 0.717) is 0 Å². The van der Waals surface area contributed by atoms with Gasteiger partial charge in [0.15, 0.2) is 0 Å². The van der Waals surface area contributed by atoms with Crippen molar-refractivity contribution in [1.82, 2.24) is 0 Å². The summed E-state index contributed by atoms with van der Waals surface area (Å²) in [5.41, 5.74) is 9.09. The van der Waals surface area contributed by atoms with E-state index in [1.807, 2.05) is 0 Å². The van der Waals surface area contributed by atoms with E-state index in [9.17, 15) is 0 Å². The Balaban J connectivity index is 2.54. The first-order valence-corrected chi connectivity index (χ1v) is 11.2. The molecule has 0 aromatic heterocycles. The smallest absolute Gasteiger partial charge is 0.0776 e. The van der Waals surface area contributed by atoms with E-state index < -0.39 is 8.07 Å². The Hall–Kier alpha value is -0.583. The Kier molecular flexibility index (Phi) is 4.23. The van der Waals surface area contributed by atoms with Gasteiger partial charge in [0.1, 0.15) is 0 Å². The average molecular weight is 399 g/mol. The first-order valence-electron chi connectivity index (χ1n) is 6.14. The molecule has 0 radical (unpaired) electrons. The van der Waals surface area contributed by atoms with Crippen LogP contribution >= 0.6 is 31.9 Å². The predicted molar refractivity (Wildman–Crippen MR) is 94.7 cm³/mol. The highest BCUT2D eigenvalue weighted by Gasteiger charge is 2.16. The molecule has 0 fully saturated rings. The molecular formula is C15H17Br2NSi. The number of anilines is 1. The van der Waals surface area contributed by atoms with Gasteiger partial charge in [-0.25, -0.2) is 0 Å². The SMILES string of the molecule is C[Si](C)(C)c1cccc(-c2cc(Br)c(N)c(Br)c2)c1. The van der Waals surface area contributed by atoms with E-state index >= 15 is 0 Å². The zero-order chi connectivity index (χ0) is 14.2. The molecule has 0 atom stereocenters. The fraction of sp³-hybridized carbons (Fsp3) is 0.200. The van der Waals surface area contributed by atoms with Crippen molar-refractivity contribution >= 4 is 50.8 Å². The molecule has 0 aliphatic carbocycles. The van der Waals surface area contributed by atoms with Crippen LogP contribution in [0.3, 0.4) is 0 Å². The van der Waals surface area contributed by atoms with Crippen molar-refractivity contribution in [2.45, 2.75) is 19.6 Å². The minimum atomic E-state index is -1.28. The third-order valence-corrected chi connectivity index (χ3v) is 6.50. The van der Waals surface area contributed by atoms with Crippen LogP contribution in [0.1, 0.15) is 0 Å². The Bertz CT molecular complexity index is 595. The van der Waals surface area contributed by atoms with Crippen LogP contribution in [0.5, 0.6) is 0 Å². The maximum atomic E-state index is 5.94. The summed E-state index contributed by atoms with van der Waals surface area (Å²) in [5.74, 6) is 0. The number of rotatable bonds is 2. The molecule has 0 saturated heterocycles. The fourth-order valence-electron chi connectivity index (χ4n) is 1.92. The van der Waals surface area contributed by atoms with Gasteiger partial charge in [0.25, 0.3) is 0 Å². The van der Waals surface area contributed by atoms with Gasteiger partial charge in [-0.1, -0.05) is 49.1 Å². The van der Waals surface area contributed by atoms with E-state index in [0.717, 1.165) is 14.6 Å². The van der Waals surface area contributed by atoms with Crippen molar-refractivity contribution in [2.24, 2.45) is 0 Å². The van der Waals surface area contributed by atoms with Gasteiger partial charge < -0.3 is 5.73 Å². The topological polar surface area (TPSA) is 26.0 Å². The molecule has 2 aromatic rings. The van der Waals surface area contributed by atoms with Gasteiger partial charge in [0.2, 0.25) is 0 Å². The standard InChI is InChI=1S/C15H17Br2NSi/c1-19(2,3)12-6-4-5-10(7-12)11-8-13(16)15(18)14(17)9-11/h4-9H,18H2,1-3H3. The first kappa shape index (κ1) is 14.8. The van der Waals surface area contributed by atoms with Gasteiger partial charge in [-0.15, -0.1) is 0 Å². The largest absolute Gasteiger partial charge is 0.397 e. The zero-order valence-electron chi connectivity index (χ0n) is 11.3. The van der Waals surface area contributed by atoms with E-state index in [4.69, 9.17) is 5.73 Å².